The molecule has 6 nitrogen and oxygen atoms in total. The molecule has 6 rings (SSSR count). The Labute approximate surface area is 204 Å². The quantitative estimate of drug-likeness (QED) is 0.546. The highest BCUT2D eigenvalue weighted by Crippen LogP contribution is 2.54. The van der Waals surface area contributed by atoms with Gasteiger partial charge in [0.2, 0.25) is 17.7 Å². The third kappa shape index (κ3) is 3.12. The summed E-state index contributed by atoms with van der Waals surface area (Å²) in [5, 5.41) is 6.14. The van der Waals surface area contributed by atoms with Crippen LogP contribution in [0, 0.1) is 11.8 Å². The van der Waals surface area contributed by atoms with Gasteiger partial charge in [-0.2, -0.15) is 13.2 Å². The minimum Gasteiger partial charge on any atom is -0.324 e. The maximum absolute atomic E-state index is 13.9. The van der Waals surface area contributed by atoms with Gasteiger partial charge in [-0.1, -0.05) is 54.6 Å². The smallest absolute Gasteiger partial charge is 0.324 e. The van der Waals surface area contributed by atoms with E-state index in [4.69, 9.17) is 0 Å². The Morgan fingerprint density at radius 1 is 0.861 bits per heavy atom. The summed E-state index contributed by atoms with van der Waals surface area (Å²) in [5.41, 5.74) is -0.649. The van der Waals surface area contributed by atoms with E-state index in [1.54, 1.807) is 24.3 Å². The van der Waals surface area contributed by atoms with E-state index in [0.29, 0.717) is 17.7 Å². The number of rotatable bonds is 3. The molecule has 3 aromatic carbocycles. The molecule has 0 aromatic heterocycles. The zero-order valence-electron chi connectivity index (χ0n) is 18.8. The van der Waals surface area contributed by atoms with Crippen LogP contribution in [0.3, 0.4) is 0 Å². The average Bonchev–Trinajstić information content (AvgIpc) is 3.43. The number of carbonyl (C=O) groups is 3. The number of benzene rings is 3. The number of hydrogen-bond donors (Lipinski definition) is 2. The molecule has 4 atom stereocenters. The summed E-state index contributed by atoms with van der Waals surface area (Å²) >= 11 is 0. The number of anilines is 2. The Kier molecular flexibility index (Phi) is 4.85. The maximum Gasteiger partial charge on any atom is 0.416 e. The second-order valence-corrected chi connectivity index (χ2v) is 9.31. The molecule has 2 saturated heterocycles. The van der Waals surface area contributed by atoms with E-state index in [0.717, 1.165) is 22.6 Å². The van der Waals surface area contributed by atoms with Crippen LogP contribution >= 0.6 is 0 Å². The minimum absolute atomic E-state index is 0.158. The highest BCUT2D eigenvalue weighted by atomic mass is 19.4. The lowest BCUT2D eigenvalue weighted by Gasteiger charge is -2.29. The molecule has 36 heavy (non-hydrogen) atoms. The van der Waals surface area contributed by atoms with Crippen molar-refractivity contribution in [1.82, 2.24) is 5.32 Å². The highest BCUT2D eigenvalue weighted by molar-refractivity contribution is 6.25. The van der Waals surface area contributed by atoms with Crippen LogP contribution in [0.2, 0.25) is 0 Å². The lowest BCUT2D eigenvalue weighted by Crippen LogP contribution is -2.53. The fraction of sp³-hybridized carbons (Fsp3) is 0.222. The largest absolute Gasteiger partial charge is 0.416 e. The minimum atomic E-state index is -4.64. The summed E-state index contributed by atoms with van der Waals surface area (Å²) < 4.78 is 40.2. The van der Waals surface area contributed by atoms with Gasteiger partial charge < -0.3 is 5.32 Å². The molecule has 0 bridgehead atoms. The van der Waals surface area contributed by atoms with Gasteiger partial charge in [-0.05, 0) is 36.2 Å². The number of amides is 3. The summed E-state index contributed by atoms with van der Waals surface area (Å²) in [6.07, 6.45) is -4.28. The number of nitrogens with zero attached hydrogens (tertiary/aromatic N) is 1. The van der Waals surface area contributed by atoms with Gasteiger partial charge >= 0.3 is 6.18 Å². The number of para-hydroxylation sites is 1. The normalized spacial score (nSPS) is 26.9. The first-order chi connectivity index (χ1) is 17.2. The molecule has 0 saturated carbocycles. The molecule has 1 spiro atoms. The third-order valence-corrected chi connectivity index (χ3v) is 7.35. The van der Waals surface area contributed by atoms with Crippen molar-refractivity contribution in [1.29, 1.82) is 0 Å². The molecule has 3 aliphatic heterocycles. The summed E-state index contributed by atoms with van der Waals surface area (Å²) in [6.45, 7) is 0. The molecule has 182 valence electrons. The topological polar surface area (TPSA) is 78.5 Å². The van der Waals surface area contributed by atoms with Crippen LogP contribution in [0.15, 0.2) is 78.9 Å². The van der Waals surface area contributed by atoms with Gasteiger partial charge in [-0.25, -0.2) is 4.90 Å². The van der Waals surface area contributed by atoms with E-state index >= 15 is 0 Å². The Morgan fingerprint density at radius 3 is 2.33 bits per heavy atom. The molecule has 0 aliphatic carbocycles. The van der Waals surface area contributed by atoms with Gasteiger partial charge in [0.25, 0.3) is 0 Å². The lowest BCUT2D eigenvalue weighted by molar-refractivity contribution is -0.137. The fourth-order valence-electron chi connectivity index (χ4n) is 5.88. The first-order valence-corrected chi connectivity index (χ1v) is 11.5. The van der Waals surface area contributed by atoms with Crippen LogP contribution < -0.4 is 15.5 Å². The molecule has 3 aromatic rings. The number of carbonyl (C=O) groups excluding carboxylic acids is 3. The fourth-order valence-corrected chi connectivity index (χ4v) is 5.88. The monoisotopic (exact) mass is 491 g/mol. The van der Waals surface area contributed by atoms with Crippen LogP contribution in [0.1, 0.15) is 16.7 Å². The van der Waals surface area contributed by atoms with E-state index in [9.17, 15) is 27.6 Å². The standard InChI is InChI=1S/C27H20F3N3O3/c28-27(29,30)16-9-6-10-17(14-16)33-23(34)21-20(13-15-7-2-1-3-8-15)32-26(22(21)24(33)35)18-11-4-5-12-19(18)31-25(26)36/h1-12,14,20-22,32H,13H2,(H,31,36). The highest BCUT2D eigenvalue weighted by Gasteiger charge is 2.70. The van der Waals surface area contributed by atoms with E-state index in [1.807, 2.05) is 30.3 Å². The molecule has 3 amide bonds. The van der Waals surface area contributed by atoms with Gasteiger partial charge in [-0.15, -0.1) is 0 Å². The van der Waals surface area contributed by atoms with Gasteiger partial charge in [0.15, 0.2) is 0 Å². The van der Waals surface area contributed by atoms with Crippen molar-refractivity contribution in [3.8, 4) is 0 Å². The van der Waals surface area contributed by atoms with Crippen molar-refractivity contribution < 1.29 is 27.6 Å². The number of imide groups is 1. The zero-order valence-corrected chi connectivity index (χ0v) is 18.8. The van der Waals surface area contributed by atoms with E-state index in [2.05, 4.69) is 10.6 Å². The van der Waals surface area contributed by atoms with Crippen molar-refractivity contribution in [3.63, 3.8) is 0 Å². The van der Waals surface area contributed by atoms with Crippen LogP contribution in [-0.2, 0) is 32.5 Å². The third-order valence-electron chi connectivity index (χ3n) is 7.35. The van der Waals surface area contributed by atoms with E-state index in [1.165, 1.54) is 12.1 Å². The summed E-state index contributed by atoms with van der Waals surface area (Å²) in [7, 11) is 0. The van der Waals surface area contributed by atoms with Crippen molar-refractivity contribution in [2.45, 2.75) is 24.2 Å². The van der Waals surface area contributed by atoms with Crippen molar-refractivity contribution in [2.24, 2.45) is 11.8 Å². The maximum atomic E-state index is 13.9. The average molecular weight is 491 g/mol. The Balaban J connectivity index is 1.48. The first-order valence-electron chi connectivity index (χ1n) is 11.5. The van der Waals surface area contributed by atoms with E-state index < -0.39 is 52.9 Å². The molecule has 3 heterocycles. The number of hydrogen-bond acceptors (Lipinski definition) is 4. The molecular weight excluding hydrogens is 471 g/mol. The number of fused-ring (bicyclic) bond motifs is 4. The van der Waals surface area contributed by atoms with Crippen molar-refractivity contribution in [2.75, 3.05) is 10.2 Å². The molecule has 3 aliphatic rings. The second kappa shape index (κ2) is 7.76. The molecule has 4 unspecified atom stereocenters. The molecule has 9 heteroatoms. The number of nitrogens with one attached hydrogen (secondary N) is 2. The number of halogens is 3. The Bertz CT molecular complexity index is 1410. The van der Waals surface area contributed by atoms with Gasteiger partial charge in [-0.3, -0.25) is 19.7 Å². The lowest BCUT2D eigenvalue weighted by atomic mass is 9.76. The van der Waals surface area contributed by atoms with Gasteiger partial charge in [0.05, 0.1) is 23.1 Å². The van der Waals surface area contributed by atoms with Crippen LogP contribution in [0.5, 0.6) is 0 Å². The Morgan fingerprint density at radius 2 is 1.58 bits per heavy atom. The predicted molar refractivity (Wildman–Crippen MR) is 125 cm³/mol. The molecular formula is C27H20F3N3O3. The van der Waals surface area contributed by atoms with Gasteiger partial charge in [0.1, 0.15) is 5.54 Å². The first kappa shape index (κ1) is 22.5. The van der Waals surface area contributed by atoms with Gasteiger partial charge in [0, 0.05) is 17.3 Å². The van der Waals surface area contributed by atoms with Crippen molar-refractivity contribution >= 4 is 29.1 Å². The van der Waals surface area contributed by atoms with Crippen LogP contribution in [0.4, 0.5) is 24.5 Å². The zero-order chi connectivity index (χ0) is 25.2. The van der Waals surface area contributed by atoms with E-state index in [-0.39, 0.29) is 5.69 Å². The SMILES string of the molecule is O=C1C2C(Cc3ccccc3)NC3(C(=O)Nc4ccccc43)C2C(=O)N1c1cccc(C(F)(F)F)c1. The predicted octanol–water partition coefficient (Wildman–Crippen LogP) is 3.87. The summed E-state index contributed by atoms with van der Waals surface area (Å²) in [5.74, 6) is -3.83. The van der Waals surface area contributed by atoms with Crippen LogP contribution in [-0.4, -0.2) is 23.8 Å². The molecule has 2 fully saturated rings. The summed E-state index contributed by atoms with van der Waals surface area (Å²) in [6, 6.07) is 19.8. The Hall–Kier alpha value is -3.98. The summed E-state index contributed by atoms with van der Waals surface area (Å²) in [4.78, 5) is 41.9. The number of alkyl halides is 3. The van der Waals surface area contributed by atoms with Crippen molar-refractivity contribution in [3.05, 3.63) is 95.6 Å². The van der Waals surface area contributed by atoms with Crippen LogP contribution in [0.25, 0.3) is 0 Å². The molecule has 2 N–H and O–H groups in total. The molecule has 0 radical (unpaired) electrons. The second-order valence-electron chi connectivity index (χ2n) is 9.31.